The highest BCUT2D eigenvalue weighted by Gasteiger charge is 1.98. The van der Waals surface area contributed by atoms with Gasteiger partial charge < -0.3 is 19.5 Å². The van der Waals surface area contributed by atoms with E-state index in [0.29, 0.717) is 13.2 Å². The van der Waals surface area contributed by atoms with Crippen LogP contribution in [0.3, 0.4) is 0 Å². The lowest BCUT2D eigenvalue weighted by atomic mass is 10.2. The summed E-state index contributed by atoms with van der Waals surface area (Å²) in [6, 6.07) is 15.9. The Hall–Kier alpha value is -2.20. The van der Waals surface area contributed by atoms with Crippen molar-refractivity contribution in [3.8, 4) is 11.5 Å². The average molecular weight is 287 g/mol. The molecule has 112 valence electrons. The largest absolute Gasteiger partial charge is 0.497 e. The van der Waals surface area contributed by atoms with E-state index in [4.69, 9.17) is 14.2 Å². The van der Waals surface area contributed by atoms with E-state index >= 15 is 0 Å². The highest BCUT2D eigenvalue weighted by molar-refractivity contribution is 5.47. The Morgan fingerprint density at radius 2 is 1.71 bits per heavy atom. The normalized spacial score (nSPS) is 10.2. The summed E-state index contributed by atoms with van der Waals surface area (Å²) in [5.74, 6) is 1.72. The van der Waals surface area contributed by atoms with Gasteiger partial charge in [0.15, 0.2) is 0 Å². The van der Waals surface area contributed by atoms with Gasteiger partial charge in [0.05, 0.1) is 13.7 Å². The smallest absolute Gasteiger partial charge is 0.119 e. The van der Waals surface area contributed by atoms with Crippen molar-refractivity contribution in [2.24, 2.45) is 0 Å². The van der Waals surface area contributed by atoms with Crippen LogP contribution >= 0.6 is 0 Å². The maximum Gasteiger partial charge on any atom is 0.119 e. The van der Waals surface area contributed by atoms with E-state index in [9.17, 15) is 0 Å². The predicted molar refractivity (Wildman–Crippen MR) is 84.1 cm³/mol. The number of ether oxygens (including phenoxy) is 3. The van der Waals surface area contributed by atoms with Crippen LogP contribution in [0.5, 0.6) is 11.5 Å². The van der Waals surface area contributed by atoms with Gasteiger partial charge in [0.2, 0.25) is 0 Å². The summed E-state index contributed by atoms with van der Waals surface area (Å²) >= 11 is 0. The second-order valence-corrected chi connectivity index (χ2v) is 4.57. The molecule has 1 N–H and O–H groups in total. The molecule has 0 fully saturated rings. The molecule has 0 aliphatic rings. The maximum absolute atomic E-state index is 5.60. The lowest BCUT2D eigenvalue weighted by Gasteiger charge is -2.10. The van der Waals surface area contributed by atoms with Gasteiger partial charge in [0.1, 0.15) is 18.1 Å². The van der Waals surface area contributed by atoms with Gasteiger partial charge in [-0.05, 0) is 42.0 Å². The third-order valence-corrected chi connectivity index (χ3v) is 3.04. The molecule has 0 heterocycles. The number of anilines is 1. The minimum atomic E-state index is 0.561. The lowest BCUT2D eigenvalue weighted by Crippen LogP contribution is -2.05. The molecule has 21 heavy (non-hydrogen) atoms. The second kappa shape index (κ2) is 8.17. The molecule has 0 saturated carbocycles. The molecule has 0 unspecified atom stereocenters. The van der Waals surface area contributed by atoms with Crippen LogP contribution in [-0.4, -0.2) is 27.4 Å². The summed E-state index contributed by atoms with van der Waals surface area (Å²) in [5.41, 5.74) is 2.22. The number of hydrogen-bond donors (Lipinski definition) is 1. The standard InChI is InChI=1S/C17H21NO3/c1-19-10-11-21-17-5-3-4-14(12-17)13-18-15-6-8-16(20-2)9-7-15/h3-9,12,18H,10-11,13H2,1-2H3. The number of methoxy groups -OCH3 is 2. The summed E-state index contributed by atoms with van der Waals surface area (Å²) in [6.07, 6.45) is 0. The summed E-state index contributed by atoms with van der Waals surface area (Å²) in [5, 5.41) is 3.37. The summed E-state index contributed by atoms with van der Waals surface area (Å²) < 4.78 is 15.7. The van der Waals surface area contributed by atoms with Gasteiger partial charge in [-0.25, -0.2) is 0 Å². The van der Waals surface area contributed by atoms with Gasteiger partial charge in [0.25, 0.3) is 0 Å². The van der Waals surface area contributed by atoms with Gasteiger partial charge in [-0.3, -0.25) is 0 Å². The van der Waals surface area contributed by atoms with Crippen LogP contribution < -0.4 is 14.8 Å². The topological polar surface area (TPSA) is 39.7 Å². The van der Waals surface area contributed by atoms with E-state index in [1.807, 2.05) is 42.5 Å². The first-order chi connectivity index (χ1) is 10.3. The fourth-order valence-electron chi connectivity index (χ4n) is 1.90. The van der Waals surface area contributed by atoms with Crippen LogP contribution in [0.25, 0.3) is 0 Å². The van der Waals surface area contributed by atoms with E-state index in [1.54, 1.807) is 14.2 Å². The van der Waals surface area contributed by atoms with E-state index in [2.05, 4.69) is 11.4 Å². The van der Waals surface area contributed by atoms with Crippen LogP contribution in [0.15, 0.2) is 48.5 Å². The molecule has 2 aromatic rings. The molecular weight excluding hydrogens is 266 g/mol. The Bertz CT molecular complexity index is 540. The van der Waals surface area contributed by atoms with Gasteiger partial charge in [-0.1, -0.05) is 12.1 Å². The average Bonchev–Trinajstić information content (AvgIpc) is 2.54. The molecule has 0 radical (unpaired) electrons. The highest BCUT2D eigenvalue weighted by Crippen LogP contribution is 2.17. The van der Waals surface area contributed by atoms with Crippen LogP contribution in [0.2, 0.25) is 0 Å². The Labute approximate surface area is 125 Å². The van der Waals surface area contributed by atoms with E-state index in [0.717, 1.165) is 23.7 Å². The summed E-state index contributed by atoms with van der Waals surface area (Å²) in [4.78, 5) is 0. The highest BCUT2D eigenvalue weighted by atomic mass is 16.5. The molecule has 0 aliphatic heterocycles. The molecular formula is C17H21NO3. The molecule has 0 aliphatic carbocycles. The van der Waals surface area contributed by atoms with Gasteiger partial charge in [-0.15, -0.1) is 0 Å². The van der Waals surface area contributed by atoms with E-state index < -0.39 is 0 Å². The summed E-state index contributed by atoms with van der Waals surface area (Å²) in [6.45, 7) is 1.90. The van der Waals surface area contributed by atoms with Gasteiger partial charge in [0, 0.05) is 19.3 Å². The molecule has 0 saturated heterocycles. The van der Waals surface area contributed by atoms with Crippen LogP contribution in [-0.2, 0) is 11.3 Å². The minimum Gasteiger partial charge on any atom is -0.497 e. The zero-order valence-electron chi connectivity index (χ0n) is 12.5. The Morgan fingerprint density at radius 1 is 0.905 bits per heavy atom. The Balaban J connectivity index is 1.88. The SMILES string of the molecule is COCCOc1cccc(CNc2ccc(OC)cc2)c1. The molecule has 0 atom stereocenters. The molecule has 4 heteroatoms. The molecule has 0 amide bonds. The third-order valence-electron chi connectivity index (χ3n) is 3.04. The quantitative estimate of drug-likeness (QED) is 0.756. The summed E-state index contributed by atoms with van der Waals surface area (Å²) in [7, 11) is 3.33. The Kier molecular flexibility index (Phi) is 5.91. The van der Waals surface area contributed by atoms with Crippen LogP contribution in [0.4, 0.5) is 5.69 Å². The first kappa shape index (κ1) is 15.2. The van der Waals surface area contributed by atoms with Gasteiger partial charge in [-0.2, -0.15) is 0 Å². The number of hydrogen-bond acceptors (Lipinski definition) is 4. The van der Waals surface area contributed by atoms with Crippen LogP contribution in [0, 0.1) is 0 Å². The maximum atomic E-state index is 5.60. The minimum absolute atomic E-state index is 0.561. The molecule has 0 aromatic heterocycles. The first-order valence-electron chi connectivity index (χ1n) is 6.90. The molecule has 2 aromatic carbocycles. The second-order valence-electron chi connectivity index (χ2n) is 4.57. The zero-order chi connectivity index (χ0) is 14.9. The van der Waals surface area contributed by atoms with Crippen molar-refractivity contribution < 1.29 is 14.2 Å². The van der Waals surface area contributed by atoms with Crippen molar-refractivity contribution in [3.63, 3.8) is 0 Å². The van der Waals surface area contributed by atoms with E-state index in [-0.39, 0.29) is 0 Å². The van der Waals surface area contributed by atoms with Crippen molar-refractivity contribution in [1.29, 1.82) is 0 Å². The van der Waals surface area contributed by atoms with Crippen LogP contribution in [0.1, 0.15) is 5.56 Å². The van der Waals surface area contributed by atoms with E-state index in [1.165, 1.54) is 5.56 Å². The van der Waals surface area contributed by atoms with Crippen molar-refractivity contribution in [2.75, 3.05) is 32.8 Å². The van der Waals surface area contributed by atoms with Gasteiger partial charge >= 0.3 is 0 Å². The third kappa shape index (κ3) is 5.00. The predicted octanol–water partition coefficient (Wildman–Crippen LogP) is 3.33. The van der Waals surface area contributed by atoms with Crippen molar-refractivity contribution >= 4 is 5.69 Å². The fraction of sp³-hybridized carbons (Fsp3) is 0.294. The fourth-order valence-corrected chi connectivity index (χ4v) is 1.90. The number of benzene rings is 2. The number of nitrogens with one attached hydrogen (secondary N) is 1. The number of rotatable bonds is 8. The monoisotopic (exact) mass is 287 g/mol. The molecule has 0 bridgehead atoms. The van der Waals surface area contributed by atoms with Crippen molar-refractivity contribution in [3.05, 3.63) is 54.1 Å². The molecule has 0 spiro atoms. The van der Waals surface area contributed by atoms with Crippen molar-refractivity contribution in [2.45, 2.75) is 6.54 Å². The lowest BCUT2D eigenvalue weighted by molar-refractivity contribution is 0.146. The van der Waals surface area contributed by atoms with Crippen molar-refractivity contribution in [1.82, 2.24) is 0 Å². The molecule has 2 rings (SSSR count). The first-order valence-corrected chi connectivity index (χ1v) is 6.90. The molecule has 4 nitrogen and oxygen atoms in total. The zero-order valence-corrected chi connectivity index (χ0v) is 12.5. The Morgan fingerprint density at radius 3 is 2.43 bits per heavy atom.